The van der Waals surface area contributed by atoms with Crippen molar-refractivity contribution in [3.05, 3.63) is 71.3 Å². The van der Waals surface area contributed by atoms with Gasteiger partial charge < -0.3 is 10.4 Å². The molecular weight excluding hydrogens is 238 g/mol. The molecule has 0 aromatic heterocycles. The molecule has 2 N–H and O–H groups in total. The van der Waals surface area contributed by atoms with E-state index >= 15 is 0 Å². The first kappa shape index (κ1) is 13.3. The zero-order chi connectivity index (χ0) is 13.7. The maximum absolute atomic E-state index is 12.0. The highest BCUT2D eigenvalue weighted by atomic mass is 16.3. The summed E-state index contributed by atoms with van der Waals surface area (Å²) in [6.07, 6.45) is -0.686. The summed E-state index contributed by atoms with van der Waals surface area (Å²) >= 11 is 0. The molecular formula is C16H17NO2. The fourth-order valence-corrected chi connectivity index (χ4v) is 1.91. The molecule has 2 rings (SSSR count). The van der Waals surface area contributed by atoms with E-state index in [1.54, 1.807) is 6.07 Å². The minimum atomic E-state index is -0.686. The van der Waals surface area contributed by atoms with Crippen LogP contribution in [0.2, 0.25) is 0 Å². The maximum atomic E-state index is 12.0. The second-order valence-electron chi connectivity index (χ2n) is 4.45. The number of hydrogen-bond donors (Lipinski definition) is 2. The van der Waals surface area contributed by atoms with Crippen LogP contribution in [0.4, 0.5) is 0 Å². The zero-order valence-corrected chi connectivity index (χ0v) is 10.8. The fourth-order valence-electron chi connectivity index (χ4n) is 1.91. The van der Waals surface area contributed by atoms with E-state index in [-0.39, 0.29) is 12.5 Å². The molecule has 2 aromatic carbocycles. The van der Waals surface area contributed by atoms with Gasteiger partial charge in [-0.05, 0) is 24.1 Å². The molecule has 0 aliphatic heterocycles. The molecule has 0 heterocycles. The Morgan fingerprint density at radius 3 is 2.42 bits per heavy atom. The average Bonchev–Trinajstić information content (AvgIpc) is 2.46. The second kappa shape index (κ2) is 6.16. The molecule has 1 amide bonds. The van der Waals surface area contributed by atoms with Crippen molar-refractivity contribution in [3.8, 4) is 0 Å². The number of aryl methyl sites for hydroxylation is 1. The van der Waals surface area contributed by atoms with E-state index in [2.05, 4.69) is 5.32 Å². The maximum Gasteiger partial charge on any atom is 0.251 e. The fraction of sp³-hybridized carbons (Fsp3) is 0.188. The van der Waals surface area contributed by atoms with Crippen LogP contribution >= 0.6 is 0 Å². The minimum Gasteiger partial charge on any atom is -0.387 e. The molecule has 0 saturated heterocycles. The highest BCUT2D eigenvalue weighted by molar-refractivity contribution is 5.95. The van der Waals surface area contributed by atoms with Crippen LogP contribution in [0.15, 0.2) is 54.6 Å². The Balaban J connectivity index is 1.96. The van der Waals surface area contributed by atoms with E-state index in [0.29, 0.717) is 5.56 Å². The third-order valence-electron chi connectivity index (χ3n) is 3.03. The summed E-state index contributed by atoms with van der Waals surface area (Å²) in [6.45, 7) is 2.10. The van der Waals surface area contributed by atoms with Gasteiger partial charge in [0.05, 0.1) is 6.10 Å². The van der Waals surface area contributed by atoms with Crippen molar-refractivity contribution in [2.24, 2.45) is 0 Å². The Morgan fingerprint density at radius 1 is 1.11 bits per heavy atom. The van der Waals surface area contributed by atoms with Crippen molar-refractivity contribution < 1.29 is 9.90 Å². The lowest BCUT2D eigenvalue weighted by Crippen LogP contribution is -2.28. The molecule has 98 valence electrons. The molecule has 1 atom stereocenters. The summed E-state index contributed by atoms with van der Waals surface area (Å²) in [5.74, 6) is -0.159. The smallest absolute Gasteiger partial charge is 0.251 e. The van der Waals surface area contributed by atoms with E-state index in [9.17, 15) is 9.90 Å². The molecule has 3 heteroatoms. The number of nitrogens with one attached hydrogen (secondary N) is 1. The number of carbonyl (C=O) groups excluding carboxylic acids is 1. The lowest BCUT2D eigenvalue weighted by atomic mass is 10.1. The van der Waals surface area contributed by atoms with Gasteiger partial charge in [0.1, 0.15) is 0 Å². The lowest BCUT2D eigenvalue weighted by Gasteiger charge is -2.13. The summed E-state index contributed by atoms with van der Waals surface area (Å²) in [4.78, 5) is 12.0. The van der Waals surface area contributed by atoms with Gasteiger partial charge in [0.25, 0.3) is 5.91 Å². The SMILES string of the molecule is Cc1ccccc1C(=O)NCC(O)c1ccccc1. The van der Waals surface area contributed by atoms with Gasteiger partial charge in [0.2, 0.25) is 0 Å². The number of benzene rings is 2. The van der Waals surface area contributed by atoms with Crippen molar-refractivity contribution in [3.63, 3.8) is 0 Å². The number of rotatable bonds is 4. The molecule has 0 aliphatic carbocycles. The van der Waals surface area contributed by atoms with Gasteiger partial charge in [-0.15, -0.1) is 0 Å². The molecule has 3 nitrogen and oxygen atoms in total. The summed E-state index contributed by atoms with van der Waals surface area (Å²) in [5.41, 5.74) is 2.37. The van der Waals surface area contributed by atoms with Gasteiger partial charge in [-0.2, -0.15) is 0 Å². The third kappa shape index (κ3) is 3.42. The van der Waals surface area contributed by atoms with E-state index in [1.807, 2.05) is 55.5 Å². The van der Waals surface area contributed by atoms with Gasteiger partial charge in [0, 0.05) is 12.1 Å². The number of aliphatic hydroxyl groups excluding tert-OH is 1. The van der Waals surface area contributed by atoms with Crippen LogP contribution in [-0.2, 0) is 0 Å². The Hall–Kier alpha value is -2.13. The van der Waals surface area contributed by atoms with Gasteiger partial charge in [-0.25, -0.2) is 0 Å². The third-order valence-corrected chi connectivity index (χ3v) is 3.03. The molecule has 0 fully saturated rings. The largest absolute Gasteiger partial charge is 0.387 e. The van der Waals surface area contributed by atoms with Crippen LogP contribution in [0.25, 0.3) is 0 Å². The van der Waals surface area contributed by atoms with Gasteiger partial charge in [-0.3, -0.25) is 4.79 Å². The van der Waals surface area contributed by atoms with Crippen LogP contribution in [0.5, 0.6) is 0 Å². The summed E-state index contributed by atoms with van der Waals surface area (Å²) in [5, 5.41) is 12.7. The first-order valence-corrected chi connectivity index (χ1v) is 6.25. The van der Waals surface area contributed by atoms with E-state index < -0.39 is 6.10 Å². The van der Waals surface area contributed by atoms with Crippen molar-refractivity contribution >= 4 is 5.91 Å². The first-order chi connectivity index (χ1) is 9.18. The van der Waals surface area contributed by atoms with Crippen LogP contribution in [0.1, 0.15) is 27.6 Å². The molecule has 2 aromatic rings. The molecule has 0 saturated carbocycles. The lowest BCUT2D eigenvalue weighted by molar-refractivity contribution is 0.0915. The number of hydrogen-bond acceptors (Lipinski definition) is 2. The van der Waals surface area contributed by atoms with Crippen molar-refractivity contribution in [2.45, 2.75) is 13.0 Å². The van der Waals surface area contributed by atoms with E-state index in [4.69, 9.17) is 0 Å². The van der Waals surface area contributed by atoms with Crippen molar-refractivity contribution in [2.75, 3.05) is 6.54 Å². The Bertz CT molecular complexity index is 552. The predicted octanol–water partition coefficient (Wildman–Crippen LogP) is 2.46. The molecule has 19 heavy (non-hydrogen) atoms. The molecule has 0 spiro atoms. The summed E-state index contributed by atoms with van der Waals surface area (Å²) in [6, 6.07) is 16.7. The van der Waals surface area contributed by atoms with Crippen molar-refractivity contribution in [1.29, 1.82) is 0 Å². The molecule has 0 aliphatic rings. The zero-order valence-electron chi connectivity index (χ0n) is 10.8. The quantitative estimate of drug-likeness (QED) is 0.881. The van der Waals surface area contributed by atoms with Gasteiger partial charge >= 0.3 is 0 Å². The van der Waals surface area contributed by atoms with Gasteiger partial charge in [-0.1, -0.05) is 48.5 Å². The van der Waals surface area contributed by atoms with Crippen LogP contribution < -0.4 is 5.32 Å². The Morgan fingerprint density at radius 2 is 1.74 bits per heavy atom. The normalized spacial score (nSPS) is 11.9. The predicted molar refractivity (Wildman–Crippen MR) is 74.9 cm³/mol. The van der Waals surface area contributed by atoms with E-state index in [1.165, 1.54) is 0 Å². The summed E-state index contributed by atoms with van der Waals surface area (Å²) in [7, 11) is 0. The molecule has 1 unspecified atom stereocenters. The second-order valence-corrected chi connectivity index (χ2v) is 4.45. The first-order valence-electron chi connectivity index (χ1n) is 6.25. The molecule has 0 bridgehead atoms. The Labute approximate surface area is 112 Å². The highest BCUT2D eigenvalue weighted by Gasteiger charge is 2.11. The number of amides is 1. The molecule has 0 radical (unpaired) electrons. The Kier molecular flexibility index (Phi) is 4.31. The highest BCUT2D eigenvalue weighted by Crippen LogP contribution is 2.11. The average molecular weight is 255 g/mol. The minimum absolute atomic E-state index is 0.159. The van der Waals surface area contributed by atoms with Crippen molar-refractivity contribution in [1.82, 2.24) is 5.32 Å². The van der Waals surface area contributed by atoms with E-state index in [0.717, 1.165) is 11.1 Å². The topological polar surface area (TPSA) is 49.3 Å². The van der Waals surface area contributed by atoms with Crippen LogP contribution in [0.3, 0.4) is 0 Å². The van der Waals surface area contributed by atoms with Crippen LogP contribution in [0, 0.1) is 6.92 Å². The number of aliphatic hydroxyl groups is 1. The standard InChI is InChI=1S/C16H17NO2/c1-12-7-5-6-10-14(12)16(19)17-11-15(18)13-8-3-2-4-9-13/h2-10,15,18H,11H2,1H3,(H,17,19). The van der Waals surface area contributed by atoms with Gasteiger partial charge in [0.15, 0.2) is 0 Å². The van der Waals surface area contributed by atoms with Crippen LogP contribution in [-0.4, -0.2) is 17.6 Å². The monoisotopic (exact) mass is 255 g/mol. The summed E-state index contributed by atoms with van der Waals surface area (Å²) < 4.78 is 0. The number of carbonyl (C=O) groups is 1.